The van der Waals surface area contributed by atoms with Crippen molar-refractivity contribution in [3.8, 4) is 28.3 Å². The highest BCUT2D eigenvalue weighted by Crippen LogP contribution is 2.46. The molecule has 9 nitrogen and oxygen atoms in total. The van der Waals surface area contributed by atoms with Crippen molar-refractivity contribution in [1.29, 1.82) is 0 Å². The SMILES string of the molecule is CCc1ccc(C(=O)Nc2cccc(-c3c(F)ccc(-c4cc5c(c(OC)n4)C(/C=C/C4CC[C@]6(CCNC(=O)N6)CC4C)CC5)c3Cl)c2C)c(=O)n1C. The number of nitrogens with zero attached hydrogens (tertiary/aromatic N) is 2. The minimum Gasteiger partial charge on any atom is -0.481 e. The van der Waals surface area contributed by atoms with Crippen molar-refractivity contribution in [2.75, 3.05) is 19.0 Å². The summed E-state index contributed by atoms with van der Waals surface area (Å²) in [5, 5.41) is 9.15. The van der Waals surface area contributed by atoms with E-state index in [-0.39, 0.29) is 39.2 Å². The number of allylic oxidation sites excluding steroid dienone is 2. The molecule has 282 valence electrons. The van der Waals surface area contributed by atoms with Gasteiger partial charge in [0.2, 0.25) is 5.88 Å². The fourth-order valence-corrected chi connectivity index (χ4v) is 9.17. The average Bonchev–Trinajstić information content (AvgIpc) is 3.56. The Morgan fingerprint density at radius 1 is 1.13 bits per heavy atom. The zero-order valence-corrected chi connectivity index (χ0v) is 32.2. The molecule has 4 atom stereocenters. The number of ether oxygens (including phenoxy) is 1. The first kappa shape index (κ1) is 37.4. The van der Waals surface area contributed by atoms with Crippen LogP contribution < -0.4 is 26.2 Å². The summed E-state index contributed by atoms with van der Waals surface area (Å²) in [4.78, 5) is 43.2. The molecule has 2 fully saturated rings. The van der Waals surface area contributed by atoms with E-state index in [1.165, 1.54) is 16.7 Å². The third-order valence-corrected chi connectivity index (χ3v) is 12.3. The topological polar surface area (TPSA) is 114 Å². The van der Waals surface area contributed by atoms with Crippen LogP contribution in [0, 0.1) is 24.6 Å². The number of carbonyl (C=O) groups excluding carboxylic acids is 2. The van der Waals surface area contributed by atoms with Crippen molar-refractivity contribution >= 4 is 29.2 Å². The third-order valence-electron chi connectivity index (χ3n) is 11.9. The lowest BCUT2D eigenvalue weighted by Gasteiger charge is -2.45. The number of hydrogen-bond acceptors (Lipinski definition) is 5. The maximum atomic E-state index is 15.8. The molecule has 0 radical (unpaired) electrons. The van der Waals surface area contributed by atoms with Crippen molar-refractivity contribution in [2.24, 2.45) is 18.9 Å². The Hall–Kier alpha value is -4.96. The van der Waals surface area contributed by atoms with Gasteiger partial charge >= 0.3 is 6.03 Å². The number of aromatic nitrogens is 2. The summed E-state index contributed by atoms with van der Waals surface area (Å²) in [6.45, 7) is 6.74. The molecule has 3 N–H and O–H groups in total. The van der Waals surface area contributed by atoms with Crippen LogP contribution in [0.4, 0.5) is 14.9 Å². The van der Waals surface area contributed by atoms with Gasteiger partial charge in [0.1, 0.15) is 11.4 Å². The number of aryl methyl sites for hydroxylation is 2. The molecule has 2 aromatic carbocycles. The first-order valence-electron chi connectivity index (χ1n) is 18.8. The van der Waals surface area contributed by atoms with E-state index >= 15 is 4.39 Å². The van der Waals surface area contributed by atoms with Crippen molar-refractivity contribution in [3.63, 3.8) is 0 Å². The largest absolute Gasteiger partial charge is 0.481 e. The number of pyridine rings is 2. The molecule has 4 aromatic rings. The minimum atomic E-state index is -0.546. The molecular formula is C43H47ClFN5O4. The Kier molecular flexibility index (Phi) is 10.4. The van der Waals surface area contributed by atoms with E-state index in [9.17, 15) is 14.4 Å². The quantitative estimate of drug-likeness (QED) is 0.156. The molecule has 54 heavy (non-hydrogen) atoms. The van der Waals surface area contributed by atoms with Gasteiger partial charge in [-0.15, -0.1) is 0 Å². The van der Waals surface area contributed by atoms with E-state index in [0.717, 1.165) is 61.9 Å². The van der Waals surface area contributed by atoms with E-state index in [2.05, 4.69) is 35.0 Å². The molecular weight excluding hydrogens is 705 g/mol. The van der Waals surface area contributed by atoms with Gasteiger partial charge in [-0.2, -0.15) is 0 Å². The van der Waals surface area contributed by atoms with E-state index in [1.807, 2.05) is 13.0 Å². The van der Waals surface area contributed by atoms with E-state index < -0.39 is 11.7 Å². The van der Waals surface area contributed by atoms with Crippen LogP contribution in [0.3, 0.4) is 0 Å². The van der Waals surface area contributed by atoms with E-state index in [1.54, 1.807) is 51.4 Å². The normalized spacial score (nSPS) is 22.2. The Bertz CT molecular complexity index is 2230. The van der Waals surface area contributed by atoms with Gasteiger partial charge in [-0.1, -0.05) is 49.7 Å². The highest BCUT2D eigenvalue weighted by molar-refractivity contribution is 6.36. The highest BCUT2D eigenvalue weighted by atomic mass is 35.5. The second-order valence-corrected chi connectivity index (χ2v) is 15.5. The molecule has 1 spiro atoms. The molecule has 7 rings (SSSR count). The van der Waals surface area contributed by atoms with Crippen LogP contribution >= 0.6 is 11.6 Å². The van der Waals surface area contributed by atoms with Gasteiger partial charge in [-0.25, -0.2) is 14.2 Å². The van der Waals surface area contributed by atoms with Crippen molar-refractivity contribution < 1.29 is 18.7 Å². The second kappa shape index (κ2) is 15.1. The minimum absolute atomic E-state index is 0.0189. The average molecular weight is 752 g/mol. The van der Waals surface area contributed by atoms with E-state index in [4.69, 9.17) is 21.3 Å². The standard InChI is InChI=1S/C43H47ClFN5O4/c1-6-29-14-15-32(41(52)50(29)4)39(51)47-34-9-7-8-30(25(34)3)37-33(45)17-16-31(38(37)44)35-22-28-13-12-27(36(28)40(48-35)54-5)11-10-26-18-19-43(23-24(26)2)20-21-46-42(53)49-43/h7-11,14-17,22,24,26-27H,6,12-13,18-21,23H2,1-5H3,(H,47,51)(H2,46,49,53)/b11-10+/t24?,26?,27?,43-/m0/s1. The summed E-state index contributed by atoms with van der Waals surface area (Å²) in [6, 6.07) is 13.5. The number of rotatable bonds is 8. The number of fused-ring (bicyclic) bond motifs is 1. The predicted molar refractivity (Wildman–Crippen MR) is 211 cm³/mol. The van der Waals surface area contributed by atoms with Gasteiger partial charge < -0.3 is 25.3 Å². The number of anilines is 1. The third kappa shape index (κ3) is 6.92. The predicted octanol–water partition coefficient (Wildman–Crippen LogP) is 8.50. The number of methoxy groups -OCH3 is 1. The van der Waals surface area contributed by atoms with Gasteiger partial charge in [-0.05, 0) is 117 Å². The number of hydrogen-bond donors (Lipinski definition) is 3. The smallest absolute Gasteiger partial charge is 0.315 e. The second-order valence-electron chi connectivity index (χ2n) is 15.1. The van der Waals surface area contributed by atoms with Crippen LogP contribution in [0.2, 0.25) is 5.02 Å². The summed E-state index contributed by atoms with van der Waals surface area (Å²) in [5.41, 5.74) is 5.45. The monoisotopic (exact) mass is 751 g/mol. The molecule has 3 heterocycles. The van der Waals surface area contributed by atoms with Crippen molar-refractivity contribution in [3.05, 3.63) is 110 Å². The summed E-state index contributed by atoms with van der Waals surface area (Å²) < 4.78 is 23.1. The summed E-state index contributed by atoms with van der Waals surface area (Å²) in [6.07, 6.45) is 11.0. The molecule has 3 amide bonds. The zero-order chi connectivity index (χ0) is 38.3. The number of amides is 3. The molecule has 1 saturated heterocycles. The Labute approximate surface area is 320 Å². The van der Waals surface area contributed by atoms with Crippen LogP contribution in [-0.4, -0.2) is 40.7 Å². The zero-order valence-electron chi connectivity index (χ0n) is 31.4. The first-order chi connectivity index (χ1) is 25.9. The fraction of sp³-hybridized carbons (Fsp3) is 0.395. The maximum Gasteiger partial charge on any atom is 0.315 e. The lowest BCUT2D eigenvalue weighted by Crippen LogP contribution is -2.60. The first-order valence-corrected chi connectivity index (χ1v) is 19.2. The van der Waals surface area contributed by atoms with Gasteiger partial charge in [0.05, 0.1) is 17.8 Å². The lowest BCUT2D eigenvalue weighted by molar-refractivity contribution is 0.102. The van der Waals surface area contributed by atoms with Crippen molar-refractivity contribution in [1.82, 2.24) is 20.2 Å². The van der Waals surface area contributed by atoms with Crippen LogP contribution in [0.15, 0.2) is 65.5 Å². The van der Waals surface area contributed by atoms with Gasteiger partial charge in [0, 0.05) is 53.1 Å². The van der Waals surface area contributed by atoms with Crippen molar-refractivity contribution in [2.45, 2.75) is 77.2 Å². The molecule has 2 aliphatic carbocycles. The number of urea groups is 1. The molecule has 1 aliphatic heterocycles. The molecule has 11 heteroatoms. The fourth-order valence-electron chi connectivity index (χ4n) is 8.82. The summed E-state index contributed by atoms with van der Waals surface area (Å²) >= 11 is 7.07. The van der Waals surface area contributed by atoms with Crippen LogP contribution in [0.25, 0.3) is 22.4 Å². The molecule has 1 saturated carbocycles. The maximum absolute atomic E-state index is 15.8. The summed E-state index contributed by atoms with van der Waals surface area (Å²) in [5.74, 6) is 0.500. The molecule has 3 aliphatic rings. The highest BCUT2D eigenvalue weighted by Gasteiger charge is 2.41. The van der Waals surface area contributed by atoms with Gasteiger partial charge in [-0.3, -0.25) is 9.59 Å². The van der Waals surface area contributed by atoms with Crippen LogP contribution in [0.1, 0.15) is 84.6 Å². The summed E-state index contributed by atoms with van der Waals surface area (Å²) in [7, 11) is 3.27. The Morgan fingerprint density at radius 2 is 1.94 bits per heavy atom. The van der Waals surface area contributed by atoms with Crippen LogP contribution in [0.5, 0.6) is 5.88 Å². The molecule has 3 unspecified atom stereocenters. The number of nitrogens with one attached hydrogen (secondary N) is 3. The number of carbonyl (C=O) groups is 2. The lowest BCUT2D eigenvalue weighted by atomic mass is 9.68. The van der Waals surface area contributed by atoms with E-state index in [0.29, 0.717) is 52.2 Å². The Balaban J connectivity index is 1.14. The number of halogens is 2. The molecule has 2 aromatic heterocycles. The van der Waals surface area contributed by atoms with Gasteiger partial charge in [0.25, 0.3) is 11.5 Å². The molecule has 0 bridgehead atoms. The van der Waals surface area contributed by atoms with Gasteiger partial charge in [0.15, 0.2) is 0 Å². The Morgan fingerprint density at radius 3 is 2.69 bits per heavy atom. The van der Waals surface area contributed by atoms with Crippen LogP contribution in [-0.2, 0) is 19.9 Å². The number of benzene rings is 2.